The van der Waals surface area contributed by atoms with Crippen LogP contribution in [0, 0.1) is 0 Å². The molecule has 8 heteroatoms. The number of β-amino-alcohol motifs (C(OH)–C–C–N with tert-alkyl or cyclic N) is 1. The molecule has 2 saturated heterocycles. The second-order valence-electron chi connectivity index (χ2n) is 8.32. The van der Waals surface area contributed by atoms with Crippen LogP contribution in [0.2, 0.25) is 0 Å². The molecule has 3 aliphatic rings. The second kappa shape index (κ2) is 8.22. The highest BCUT2D eigenvalue weighted by atomic mass is 16.3. The molecule has 1 aromatic rings. The predicted molar refractivity (Wildman–Crippen MR) is 106 cm³/mol. The molecule has 2 fully saturated rings. The minimum Gasteiger partial charge on any atom is -0.389 e. The maximum atomic E-state index is 12.9. The van der Waals surface area contributed by atoms with E-state index in [0.717, 1.165) is 30.5 Å². The third kappa shape index (κ3) is 4.34. The zero-order chi connectivity index (χ0) is 20.4. The van der Waals surface area contributed by atoms with E-state index in [1.165, 1.54) is 0 Å². The van der Waals surface area contributed by atoms with Gasteiger partial charge in [0, 0.05) is 31.6 Å². The Morgan fingerprint density at radius 2 is 2.14 bits per heavy atom. The lowest BCUT2D eigenvalue weighted by atomic mass is 9.91. The van der Waals surface area contributed by atoms with Crippen LogP contribution in [0.25, 0.3) is 0 Å². The van der Waals surface area contributed by atoms with Crippen molar-refractivity contribution in [1.82, 2.24) is 20.9 Å². The predicted octanol–water partition coefficient (Wildman–Crippen LogP) is 0.0418. The summed E-state index contributed by atoms with van der Waals surface area (Å²) in [6.45, 7) is 3.31. The van der Waals surface area contributed by atoms with Crippen LogP contribution in [0.15, 0.2) is 18.2 Å². The number of hydrogen-bond acceptors (Lipinski definition) is 6. The summed E-state index contributed by atoms with van der Waals surface area (Å²) in [4.78, 5) is 37.9. The van der Waals surface area contributed by atoms with Crippen LogP contribution in [-0.4, -0.2) is 59.0 Å². The number of imide groups is 1. The van der Waals surface area contributed by atoms with Gasteiger partial charge < -0.3 is 20.6 Å². The van der Waals surface area contributed by atoms with E-state index in [-0.39, 0.29) is 24.1 Å². The van der Waals surface area contributed by atoms with E-state index in [2.05, 4.69) is 16.0 Å². The molecule has 3 heterocycles. The van der Waals surface area contributed by atoms with Gasteiger partial charge in [-0.15, -0.1) is 0 Å². The maximum Gasteiger partial charge on any atom is 0.255 e. The van der Waals surface area contributed by atoms with E-state index in [0.29, 0.717) is 44.6 Å². The average molecular weight is 400 g/mol. The van der Waals surface area contributed by atoms with Crippen LogP contribution in [0.4, 0.5) is 0 Å². The summed E-state index contributed by atoms with van der Waals surface area (Å²) in [6.07, 6.45) is 3.13. The molecule has 0 radical (unpaired) electrons. The topological polar surface area (TPSA) is 111 Å². The van der Waals surface area contributed by atoms with Crippen LogP contribution >= 0.6 is 0 Å². The van der Waals surface area contributed by atoms with Crippen molar-refractivity contribution in [2.45, 2.75) is 56.8 Å². The van der Waals surface area contributed by atoms with Crippen LogP contribution in [0.1, 0.15) is 53.6 Å². The molecular formula is C21H28N4O4. The molecule has 0 saturated carbocycles. The third-order valence-corrected chi connectivity index (χ3v) is 6.14. The zero-order valence-corrected chi connectivity index (χ0v) is 16.5. The lowest BCUT2D eigenvalue weighted by Gasteiger charge is -2.32. The monoisotopic (exact) mass is 400 g/mol. The number of carbonyl (C=O) groups is 3. The molecule has 3 aliphatic heterocycles. The summed E-state index contributed by atoms with van der Waals surface area (Å²) in [5.74, 6) is -0.823. The first-order valence-electron chi connectivity index (χ1n) is 10.4. The van der Waals surface area contributed by atoms with Crippen LogP contribution in [0.5, 0.6) is 0 Å². The Morgan fingerprint density at radius 3 is 2.90 bits per heavy atom. The van der Waals surface area contributed by atoms with Gasteiger partial charge >= 0.3 is 0 Å². The molecule has 2 unspecified atom stereocenters. The molecule has 0 bridgehead atoms. The van der Waals surface area contributed by atoms with Crippen molar-refractivity contribution in [3.05, 3.63) is 34.9 Å². The van der Waals surface area contributed by atoms with Crippen molar-refractivity contribution in [2.24, 2.45) is 0 Å². The molecule has 0 aliphatic carbocycles. The Balaban J connectivity index is 1.33. The van der Waals surface area contributed by atoms with E-state index in [1.54, 1.807) is 4.90 Å². The van der Waals surface area contributed by atoms with Gasteiger partial charge in [-0.1, -0.05) is 12.1 Å². The van der Waals surface area contributed by atoms with Crippen molar-refractivity contribution in [3.63, 3.8) is 0 Å². The van der Waals surface area contributed by atoms with E-state index in [1.807, 2.05) is 18.2 Å². The Hall–Kier alpha value is -2.29. The second-order valence-corrected chi connectivity index (χ2v) is 8.32. The zero-order valence-electron chi connectivity index (χ0n) is 16.5. The number of amides is 3. The van der Waals surface area contributed by atoms with Gasteiger partial charge in [-0.05, 0) is 56.0 Å². The first-order chi connectivity index (χ1) is 14.0. The molecule has 0 aromatic heterocycles. The molecule has 4 N–H and O–H groups in total. The van der Waals surface area contributed by atoms with Crippen LogP contribution in [-0.2, 0) is 22.7 Å². The Bertz CT molecular complexity index is 819. The highest BCUT2D eigenvalue weighted by Gasteiger charge is 2.39. The third-order valence-electron chi connectivity index (χ3n) is 6.14. The highest BCUT2D eigenvalue weighted by molar-refractivity contribution is 6.05. The van der Waals surface area contributed by atoms with Crippen molar-refractivity contribution in [1.29, 1.82) is 0 Å². The van der Waals surface area contributed by atoms with Gasteiger partial charge in [0.15, 0.2) is 0 Å². The summed E-state index contributed by atoms with van der Waals surface area (Å²) in [7, 11) is 0. The molecule has 0 spiro atoms. The number of fused-ring (bicyclic) bond motifs is 1. The van der Waals surface area contributed by atoms with Gasteiger partial charge in [0.05, 0.1) is 5.60 Å². The highest BCUT2D eigenvalue weighted by Crippen LogP contribution is 2.28. The Morgan fingerprint density at radius 1 is 1.28 bits per heavy atom. The van der Waals surface area contributed by atoms with Crippen LogP contribution in [0.3, 0.4) is 0 Å². The first kappa shape index (κ1) is 20.0. The number of carbonyl (C=O) groups excluding carboxylic acids is 3. The normalized spacial score (nSPS) is 27.1. The minimum absolute atomic E-state index is 0.154. The Kier molecular flexibility index (Phi) is 5.67. The van der Waals surface area contributed by atoms with E-state index >= 15 is 0 Å². The van der Waals surface area contributed by atoms with E-state index in [4.69, 9.17) is 0 Å². The molecular weight excluding hydrogens is 372 g/mol. The lowest BCUT2D eigenvalue weighted by Crippen LogP contribution is -2.52. The maximum absolute atomic E-state index is 12.9. The van der Waals surface area contributed by atoms with Gasteiger partial charge in [0.25, 0.3) is 5.91 Å². The molecule has 3 amide bonds. The van der Waals surface area contributed by atoms with Crippen molar-refractivity contribution in [3.8, 4) is 0 Å². The molecule has 1 aromatic carbocycles. The van der Waals surface area contributed by atoms with Crippen LogP contribution < -0.4 is 16.0 Å². The number of nitrogens with zero attached hydrogens (tertiary/aromatic N) is 1. The van der Waals surface area contributed by atoms with E-state index < -0.39 is 11.6 Å². The molecule has 4 rings (SSSR count). The standard InChI is InChI=1S/C21H28N4O4/c26-18-5-4-17(19(27)24-18)25-12-15-3-2-14(10-16(15)20(25)28)11-22-9-7-21(29)6-1-8-23-13-21/h2-3,10,17,22-23,29H,1,4-9,11-13H2,(H,24,26,27). The summed E-state index contributed by atoms with van der Waals surface area (Å²) < 4.78 is 0. The van der Waals surface area contributed by atoms with Gasteiger partial charge in [0.1, 0.15) is 6.04 Å². The fourth-order valence-corrected chi connectivity index (χ4v) is 4.43. The number of hydrogen-bond donors (Lipinski definition) is 4. The smallest absolute Gasteiger partial charge is 0.255 e. The Labute approximate surface area is 170 Å². The summed E-state index contributed by atoms with van der Waals surface area (Å²) in [5, 5.41) is 19.4. The molecule has 8 nitrogen and oxygen atoms in total. The summed E-state index contributed by atoms with van der Waals surface area (Å²) in [5.41, 5.74) is 1.90. The molecule has 2 atom stereocenters. The number of rotatable bonds is 6. The number of nitrogens with one attached hydrogen (secondary N) is 3. The summed E-state index contributed by atoms with van der Waals surface area (Å²) in [6, 6.07) is 5.23. The largest absolute Gasteiger partial charge is 0.389 e. The number of aliphatic hydroxyl groups is 1. The quantitative estimate of drug-likeness (QED) is 0.397. The van der Waals surface area contributed by atoms with Gasteiger partial charge in [-0.2, -0.15) is 0 Å². The SMILES string of the molecule is O=C1CCC(N2Cc3ccc(CNCCC4(O)CCCNC4)cc3C2=O)C(=O)N1. The average Bonchev–Trinajstić information content (AvgIpc) is 3.02. The van der Waals surface area contributed by atoms with Gasteiger partial charge in [-0.3, -0.25) is 19.7 Å². The van der Waals surface area contributed by atoms with Crippen molar-refractivity contribution >= 4 is 17.7 Å². The van der Waals surface area contributed by atoms with E-state index in [9.17, 15) is 19.5 Å². The summed E-state index contributed by atoms with van der Waals surface area (Å²) >= 11 is 0. The first-order valence-corrected chi connectivity index (χ1v) is 10.4. The minimum atomic E-state index is -0.637. The fourth-order valence-electron chi connectivity index (χ4n) is 4.43. The molecule has 29 heavy (non-hydrogen) atoms. The fraction of sp³-hybridized carbons (Fsp3) is 0.571. The van der Waals surface area contributed by atoms with Crippen molar-refractivity contribution in [2.75, 3.05) is 19.6 Å². The van der Waals surface area contributed by atoms with Gasteiger partial charge in [-0.25, -0.2) is 0 Å². The molecule has 156 valence electrons. The lowest BCUT2D eigenvalue weighted by molar-refractivity contribution is -0.136. The van der Waals surface area contributed by atoms with Gasteiger partial charge in [0.2, 0.25) is 11.8 Å². The number of piperidine rings is 2. The van der Waals surface area contributed by atoms with Crippen molar-refractivity contribution < 1.29 is 19.5 Å². The number of benzene rings is 1.